The van der Waals surface area contributed by atoms with Crippen LogP contribution in [0.1, 0.15) is 41.0 Å². The zero-order valence-electron chi connectivity index (χ0n) is 13.8. The lowest BCUT2D eigenvalue weighted by Gasteiger charge is -2.20. The molecule has 0 unspecified atom stereocenters. The van der Waals surface area contributed by atoms with Gasteiger partial charge in [-0.1, -0.05) is 19.9 Å². The standard InChI is InChI=1S/C17H28N2O2/c1-13(2)12-21-15-8-6-7-14(11-15)19-16(20)9-10-18-17(3,4)5/h6-8,11,13,18H,9-10,12H2,1-5H3,(H,19,20). The van der Waals surface area contributed by atoms with E-state index in [1.165, 1.54) is 0 Å². The molecule has 4 nitrogen and oxygen atoms in total. The van der Waals surface area contributed by atoms with Crippen molar-refractivity contribution in [2.24, 2.45) is 5.92 Å². The Bertz CT molecular complexity index is 450. The number of rotatable bonds is 7. The second-order valence-corrected chi connectivity index (χ2v) is 6.71. The van der Waals surface area contributed by atoms with E-state index in [4.69, 9.17) is 4.74 Å². The summed E-state index contributed by atoms with van der Waals surface area (Å²) < 4.78 is 5.65. The smallest absolute Gasteiger partial charge is 0.225 e. The van der Waals surface area contributed by atoms with Gasteiger partial charge in [-0.3, -0.25) is 4.79 Å². The molecule has 0 fully saturated rings. The fourth-order valence-corrected chi connectivity index (χ4v) is 1.70. The van der Waals surface area contributed by atoms with Crippen LogP contribution >= 0.6 is 0 Å². The Balaban J connectivity index is 2.43. The van der Waals surface area contributed by atoms with E-state index in [1.54, 1.807) is 0 Å². The van der Waals surface area contributed by atoms with Crippen molar-refractivity contribution < 1.29 is 9.53 Å². The first kappa shape index (κ1) is 17.5. The molecule has 0 saturated carbocycles. The van der Waals surface area contributed by atoms with Crippen molar-refractivity contribution in [1.82, 2.24) is 5.32 Å². The Morgan fingerprint density at radius 1 is 1.29 bits per heavy atom. The van der Waals surface area contributed by atoms with Gasteiger partial charge in [0.1, 0.15) is 5.75 Å². The van der Waals surface area contributed by atoms with Crippen LogP contribution < -0.4 is 15.4 Å². The topological polar surface area (TPSA) is 50.4 Å². The molecule has 0 saturated heterocycles. The van der Waals surface area contributed by atoms with E-state index >= 15 is 0 Å². The van der Waals surface area contributed by atoms with Crippen molar-refractivity contribution in [3.05, 3.63) is 24.3 Å². The molecule has 0 aliphatic heterocycles. The summed E-state index contributed by atoms with van der Waals surface area (Å²) in [5.74, 6) is 1.27. The molecular formula is C17H28N2O2. The number of carbonyl (C=O) groups is 1. The van der Waals surface area contributed by atoms with Gasteiger partial charge in [0.15, 0.2) is 0 Å². The largest absolute Gasteiger partial charge is 0.493 e. The predicted molar refractivity (Wildman–Crippen MR) is 87.8 cm³/mol. The quantitative estimate of drug-likeness (QED) is 0.809. The van der Waals surface area contributed by atoms with Crippen molar-refractivity contribution in [3.63, 3.8) is 0 Å². The third-order valence-corrected chi connectivity index (χ3v) is 2.71. The molecule has 1 amide bonds. The first-order valence-electron chi connectivity index (χ1n) is 7.54. The predicted octanol–water partition coefficient (Wildman–Crippen LogP) is 3.44. The molecule has 0 atom stereocenters. The van der Waals surface area contributed by atoms with Crippen molar-refractivity contribution in [3.8, 4) is 5.75 Å². The van der Waals surface area contributed by atoms with Gasteiger partial charge in [-0.25, -0.2) is 0 Å². The molecule has 1 rings (SSSR count). The highest BCUT2D eigenvalue weighted by Crippen LogP contribution is 2.18. The van der Waals surface area contributed by atoms with Gasteiger partial charge in [-0.15, -0.1) is 0 Å². The molecular weight excluding hydrogens is 264 g/mol. The Morgan fingerprint density at radius 2 is 2.00 bits per heavy atom. The molecule has 0 radical (unpaired) electrons. The van der Waals surface area contributed by atoms with Crippen LogP contribution in [0, 0.1) is 5.92 Å². The van der Waals surface area contributed by atoms with Crippen molar-refractivity contribution in [2.75, 3.05) is 18.5 Å². The first-order valence-corrected chi connectivity index (χ1v) is 7.54. The average molecular weight is 292 g/mol. The zero-order valence-corrected chi connectivity index (χ0v) is 13.8. The lowest BCUT2D eigenvalue weighted by Crippen LogP contribution is -2.37. The second-order valence-electron chi connectivity index (χ2n) is 6.71. The summed E-state index contributed by atoms with van der Waals surface area (Å²) in [5, 5.41) is 6.19. The monoisotopic (exact) mass is 292 g/mol. The number of carbonyl (C=O) groups excluding carboxylic acids is 1. The Kier molecular flexibility index (Phi) is 6.69. The second kappa shape index (κ2) is 8.03. The Hall–Kier alpha value is -1.55. The van der Waals surface area contributed by atoms with Crippen LogP contribution in [0.2, 0.25) is 0 Å². The lowest BCUT2D eigenvalue weighted by molar-refractivity contribution is -0.116. The van der Waals surface area contributed by atoms with Crippen LogP contribution in [0.25, 0.3) is 0 Å². The van der Waals surface area contributed by atoms with E-state index in [2.05, 4.69) is 45.3 Å². The number of ether oxygens (including phenoxy) is 1. The summed E-state index contributed by atoms with van der Waals surface area (Å²) in [6.07, 6.45) is 0.453. The summed E-state index contributed by atoms with van der Waals surface area (Å²) >= 11 is 0. The van der Waals surface area contributed by atoms with Gasteiger partial charge in [0.2, 0.25) is 5.91 Å². The third-order valence-electron chi connectivity index (χ3n) is 2.71. The highest BCUT2D eigenvalue weighted by atomic mass is 16.5. The minimum absolute atomic E-state index is 0.00718. The number of hydrogen-bond acceptors (Lipinski definition) is 3. The minimum Gasteiger partial charge on any atom is -0.493 e. The number of hydrogen-bond donors (Lipinski definition) is 2. The van der Waals surface area contributed by atoms with E-state index in [0.717, 1.165) is 11.4 Å². The van der Waals surface area contributed by atoms with Crippen LogP contribution in [0.3, 0.4) is 0 Å². The molecule has 21 heavy (non-hydrogen) atoms. The molecule has 0 aromatic heterocycles. The summed E-state index contributed by atoms with van der Waals surface area (Å²) in [6.45, 7) is 11.8. The Labute approximate surface area is 128 Å². The molecule has 1 aromatic rings. The zero-order chi connectivity index (χ0) is 15.9. The van der Waals surface area contributed by atoms with Gasteiger partial charge in [0.05, 0.1) is 6.61 Å². The molecule has 2 N–H and O–H groups in total. The van der Waals surface area contributed by atoms with E-state index in [9.17, 15) is 4.79 Å². The maximum Gasteiger partial charge on any atom is 0.225 e. The number of amides is 1. The fourth-order valence-electron chi connectivity index (χ4n) is 1.70. The van der Waals surface area contributed by atoms with Gasteiger partial charge in [-0.2, -0.15) is 0 Å². The van der Waals surface area contributed by atoms with E-state index < -0.39 is 0 Å². The SMILES string of the molecule is CC(C)COc1cccc(NC(=O)CCNC(C)(C)C)c1. The summed E-state index contributed by atoms with van der Waals surface area (Å²) in [7, 11) is 0. The van der Waals surface area contributed by atoms with Crippen LogP contribution in [0.15, 0.2) is 24.3 Å². The maximum absolute atomic E-state index is 11.9. The molecule has 0 aliphatic carbocycles. The molecule has 0 bridgehead atoms. The van der Waals surface area contributed by atoms with Gasteiger partial charge in [0, 0.05) is 30.3 Å². The highest BCUT2D eigenvalue weighted by molar-refractivity contribution is 5.91. The Morgan fingerprint density at radius 3 is 2.62 bits per heavy atom. The summed E-state index contributed by atoms with van der Waals surface area (Å²) in [4.78, 5) is 11.9. The maximum atomic E-state index is 11.9. The minimum atomic E-state index is 0.00718. The van der Waals surface area contributed by atoms with Crippen LogP contribution in [0.5, 0.6) is 5.75 Å². The van der Waals surface area contributed by atoms with Crippen LogP contribution in [-0.4, -0.2) is 24.6 Å². The first-order chi connectivity index (χ1) is 9.76. The normalized spacial score (nSPS) is 11.5. The number of anilines is 1. The number of benzene rings is 1. The van der Waals surface area contributed by atoms with Gasteiger partial charge in [-0.05, 0) is 38.8 Å². The number of nitrogens with one attached hydrogen (secondary N) is 2. The van der Waals surface area contributed by atoms with E-state index in [0.29, 0.717) is 25.5 Å². The molecule has 118 valence electrons. The third kappa shape index (κ3) is 8.35. The molecule has 1 aromatic carbocycles. The van der Waals surface area contributed by atoms with Crippen molar-refractivity contribution in [1.29, 1.82) is 0 Å². The van der Waals surface area contributed by atoms with E-state index in [1.807, 2.05) is 24.3 Å². The van der Waals surface area contributed by atoms with Crippen molar-refractivity contribution in [2.45, 2.75) is 46.6 Å². The molecule has 0 aliphatic rings. The molecule has 0 heterocycles. The summed E-state index contributed by atoms with van der Waals surface area (Å²) in [6, 6.07) is 7.52. The van der Waals surface area contributed by atoms with Crippen LogP contribution in [-0.2, 0) is 4.79 Å². The fraction of sp³-hybridized carbons (Fsp3) is 0.588. The molecule has 4 heteroatoms. The average Bonchev–Trinajstić information content (AvgIpc) is 2.35. The van der Waals surface area contributed by atoms with E-state index in [-0.39, 0.29) is 11.4 Å². The van der Waals surface area contributed by atoms with Crippen LogP contribution in [0.4, 0.5) is 5.69 Å². The van der Waals surface area contributed by atoms with Gasteiger partial charge < -0.3 is 15.4 Å². The lowest BCUT2D eigenvalue weighted by atomic mass is 10.1. The highest BCUT2D eigenvalue weighted by Gasteiger charge is 2.10. The molecule has 0 spiro atoms. The summed E-state index contributed by atoms with van der Waals surface area (Å²) in [5.41, 5.74) is 0.808. The van der Waals surface area contributed by atoms with Gasteiger partial charge >= 0.3 is 0 Å². The van der Waals surface area contributed by atoms with Crippen molar-refractivity contribution >= 4 is 11.6 Å². The van der Waals surface area contributed by atoms with Gasteiger partial charge in [0.25, 0.3) is 0 Å².